The normalized spacial score (nSPS) is 9.91. The van der Waals surface area contributed by atoms with E-state index in [1.54, 1.807) is 43.3 Å². The van der Waals surface area contributed by atoms with Gasteiger partial charge in [-0.1, -0.05) is 23.8 Å². The molecule has 0 saturated carbocycles. The van der Waals surface area contributed by atoms with E-state index < -0.39 is 12.1 Å². The van der Waals surface area contributed by atoms with Gasteiger partial charge in [-0.15, -0.1) is 0 Å². The summed E-state index contributed by atoms with van der Waals surface area (Å²) < 4.78 is 14.9. The zero-order valence-electron chi connectivity index (χ0n) is 12.4. The second-order valence-electron chi connectivity index (χ2n) is 4.52. The summed E-state index contributed by atoms with van der Waals surface area (Å²) in [5.74, 6) is 0.0540. The van der Waals surface area contributed by atoms with Gasteiger partial charge in [0, 0.05) is 6.07 Å². The average molecular weight is 300 g/mol. The number of hydrogen-bond donors (Lipinski definition) is 0. The number of carbonyl (C=O) groups is 2. The molecule has 22 heavy (non-hydrogen) atoms. The van der Waals surface area contributed by atoms with E-state index in [1.165, 1.54) is 6.07 Å². The zero-order valence-corrected chi connectivity index (χ0v) is 12.4. The van der Waals surface area contributed by atoms with E-state index in [0.717, 1.165) is 5.56 Å². The van der Waals surface area contributed by atoms with Gasteiger partial charge in [-0.2, -0.15) is 0 Å². The molecule has 114 valence electrons. The second kappa shape index (κ2) is 7.26. The number of hydrogen-bond acceptors (Lipinski definition) is 5. The van der Waals surface area contributed by atoms with Crippen molar-refractivity contribution in [2.75, 3.05) is 6.61 Å². The van der Waals surface area contributed by atoms with Crippen LogP contribution in [0.2, 0.25) is 0 Å². The first-order chi connectivity index (χ1) is 10.6. The van der Waals surface area contributed by atoms with Crippen LogP contribution in [0.4, 0.5) is 4.79 Å². The highest BCUT2D eigenvalue weighted by atomic mass is 16.7. The van der Waals surface area contributed by atoms with Crippen LogP contribution in [0.15, 0.2) is 48.5 Å². The Morgan fingerprint density at radius 2 is 1.64 bits per heavy atom. The minimum atomic E-state index is -0.801. The molecule has 5 heteroatoms. The van der Waals surface area contributed by atoms with Crippen LogP contribution in [0.5, 0.6) is 11.5 Å². The van der Waals surface area contributed by atoms with Crippen LogP contribution in [0, 0.1) is 6.92 Å². The van der Waals surface area contributed by atoms with Gasteiger partial charge in [0.2, 0.25) is 0 Å². The standard InChI is InChI=1S/C17H16O5/c1-3-20-17(19)22-15-9-5-8-14(11-15)21-16(18)13-7-4-6-12(2)10-13/h4-11H,3H2,1-2H3. The number of aryl methyl sites for hydroxylation is 1. The van der Waals surface area contributed by atoms with Gasteiger partial charge in [-0.25, -0.2) is 9.59 Å². The molecule has 0 unspecified atom stereocenters. The lowest BCUT2D eigenvalue weighted by Gasteiger charge is -2.07. The van der Waals surface area contributed by atoms with Gasteiger partial charge in [0.15, 0.2) is 0 Å². The van der Waals surface area contributed by atoms with Crippen LogP contribution in [-0.4, -0.2) is 18.7 Å². The summed E-state index contributed by atoms with van der Waals surface area (Å²) in [6, 6.07) is 13.3. The van der Waals surface area contributed by atoms with Crippen LogP contribution in [0.3, 0.4) is 0 Å². The van der Waals surface area contributed by atoms with Crippen molar-refractivity contribution in [1.82, 2.24) is 0 Å². The summed E-state index contributed by atoms with van der Waals surface area (Å²) in [4.78, 5) is 23.3. The van der Waals surface area contributed by atoms with Crippen LogP contribution in [-0.2, 0) is 4.74 Å². The lowest BCUT2D eigenvalue weighted by molar-refractivity contribution is 0.0734. The maximum Gasteiger partial charge on any atom is 0.513 e. The molecule has 2 aromatic carbocycles. The van der Waals surface area contributed by atoms with Crippen molar-refractivity contribution in [3.63, 3.8) is 0 Å². The Morgan fingerprint density at radius 3 is 2.32 bits per heavy atom. The van der Waals surface area contributed by atoms with Crippen LogP contribution in [0.1, 0.15) is 22.8 Å². The van der Waals surface area contributed by atoms with Crippen molar-refractivity contribution in [2.45, 2.75) is 13.8 Å². The van der Waals surface area contributed by atoms with Crippen molar-refractivity contribution < 1.29 is 23.8 Å². The highest BCUT2D eigenvalue weighted by Gasteiger charge is 2.10. The van der Waals surface area contributed by atoms with E-state index in [-0.39, 0.29) is 18.1 Å². The number of esters is 1. The summed E-state index contributed by atoms with van der Waals surface area (Å²) in [6.45, 7) is 3.80. The van der Waals surface area contributed by atoms with Gasteiger partial charge in [0.25, 0.3) is 0 Å². The first kappa shape index (κ1) is 15.6. The molecule has 5 nitrogen and oxygen atoms in total. The van der Waals surface area contributed by atoms with Gasteiger partial charge in [-0.05, 0) is 38.1 Å². The van der Waals surface area contributed by atoms with Crippen molar-refractivity contribution in [3.8, 4) is 11.5 Å². The Hall–Kier alpha value is -2.82. The third-order valence-corrected chi connectivity index (χ3v) is 2.73. The lowest BCUT2D eigenvalue weighted by Crippen LogP contribution is -2.11. The minimum Gasteiger partial charge on any atom is -0.434 e. The van der Waals surface area contributed by atoms with Gasteiger partial charge >= 0.3 is 12.1 Å². The third kappa shape index (κ3) is 4.34. The third-order valence-electron chi connectivity index (χ3n) is 2.73. The van der Waals surface area contributed by atoms with E-state index >= 15 is 0 Å². The van der Waals surface area contributed by atoms with Crippen molar-refractivity contribution in [2.24, 2.45) is 0 Å². The molecule has 2 aromatic rings. The molecule has 0 spiro atoms. The molecule has 0 aliphatic carbocycles. The molecule has 0 aliphatic heterocycles. The molecule has 2 rings (SSSR count). The van der Waals surface area contributed by atoms with Gasteiger partial charge in [-0.3, -0.25) is 0 Å². The first-order valence-electron chi connectivity index (χ1n) is 6.82. The van der Waals surface area contributed by atoms with Gasteiger partial charge in [0.05, 0.1) is 12.2 Å². The molecule has 0 heterocycles. The molecule has 0 aromatic heterocycles. The number of carbonyl (C=O) groups excluding carboxylic acids is 2. The average Bonchev–Trinajstić information content (AvgIpc) is 2.47. The fourth-order valence-electron chi connectivity index (χ4n) is 1.78. The SMILES string of the molecule is CCOC(=O)Oc1cccc(OC(=O)c2cccc(C)c2)c1. The van der Waals surface area contributed by atoms with Crippen LogP contribution >= 0.6 is 0 Å². The predicted octanol–water partition coefficient (Wildman–Crippen LogP) is 3.75. The molecule has 0 saturated heterocycles. The largest absolute Gasteiger partial charge is 0.513 e. The highest BCUT2D eigenvalue weighted by Crippen LogP contribution is 2.21. The molecule has 0 amide bonds. The smallest absolute Gasteiger partial charge is 0.434 e. The molecule has 0 radical (unpaired) electrons. The summed E-state index contributed by atoms with van der Waals surface area (Å²) in [5, 5.41) is 0. The fraction of sp³-hybridized carbons (Fsp3) is 0.176. The number of ether oxygens (including phenoxy) is 3. The Morgan fingerprint density at radius 1 is 0.955 bits per heavy atom. The van der Waals surface area contributed by atoms with E-state index in [9.17, 15) is 9.59 Å². The molecule has 0 atom stereocenters. The summed E-state index contributed by atoms with van der Waals surface area (Å²) in [5.41, 5.74) is 1.42. The first-order valence-corrected chi connectivity index (χ1v) is 6.82. The minimum absolute atomic E-state index is 0.223. The second-order valence-corrected chi connectivity index (χ2v) is 4.52. The van der Waals surface area contributed by atoms with Crippen LogP contribution < -0.4 is 9.47 Å². The predicted molar refractivity (Wildman–Crippen MR) is 80.2 cm³/mol. The molecule has 0 aliphatic rings. The maximum atomic E-state index is 12.0. The highest BCUT2D eigenvalue weighted by molar-refractivity contribution is 5.91. The van der Waals surface area contributed by atoms with E-state index in [1.807, 2.05) is 13.0 Å². The monoisotopic (exact) mass is 300 g/mol. The molecular weight excluding hydrogens is 284 g/mol. The summed E-state index contributed by atoms with van der Waals surface area (Å²) in [6.07, 6.45) is -0.801. The van der Waals surface area contributed by atoms with Crippen LogP contribution in [0.25, 0.3) is 0 Å². The van der Waals surface area contributed by atoms with E-state index in [2.05, 4.69) is 4.74 Å². The maximum absolute atomic E-state index is 12.0. The van der Waals surface area contributed by atoms with Gasteiger partial charge < -0.3 is 14.2 Å². The van der Waals surface area contributed by atoms with E-state index in [0.29, 0.717) is 5.56 Å². The number of rotatable bonds is 4. The topological polar surface area (TPSA) is 61.8 Å². The molecular formula is C17H16O5. The Kier molecular flexibility index (Phi) is 5.14. The van der Waals surface area contributed by atoms with Gasteiger partial charge in [0.1, 0.15) is 11.5 Å². The molecule has 0 fully saturated rings. The van der Waals surface area contributed by atoms with Crippen molar-refractivity contribution in [3.05, 3.63) is 59.7 Å². The summed E-state index contributed by atoms with van der Waals surface area (Å²) >= 11 is 0. The fourth-order valence-corrected chi connectivity index (χ4v) is 1.78. The molecule has 0 bridgehead atoms. The number of benzene rings is 2. The van der Waals surface area contributed by atoms with E-state index in [4.69, 9.17) is 9.47 Å². The Balaban J connectivity index is 2.07. The zero-order chi connectivity index (χ0) is 15.9. The lowest BCUT2D eigenvalue weighted by atomic mass is 10.1. The Labute approximate surface area is 128 Å². The Bertz CT molecular complexity index is 678. The quantitative estimate of drug-likeness (QED) is 0.489. The summed E-state index contributed by atoms with van der Waals surface area (Å²) in [7, 11) is 0. The van der Waals surface area contributed by atoms with Crippen molar-refractivity contribution in [1.29, 1.82) is 0 Å². The van der Waals surface area contributed by atoms with Crippen molar-refractivity contribution >= 4 is 12.1 Å². The molecule has 0 N–H and O–H groups in total.